The van der Waals surface area contributed by atoms with Crippen LogP contribution in [0.25, 0.3) is 0 Å². The summed E-state index contributed by atoms with van der Waals surface area (Å²) >= 11 is 0. The van der Waals surface area contributed by atoms with Gasteiger partial charge in [-0.2, -0.15) is 4.31 Å². The van der Waals surface area contributed by atoms with E-state index in [-0.39, 0.29) is 37.0 Å². The fourth-order valence-corrected chi connectivity index (χ4v) is 4.95. The van der Waals surface area contributed by atoms with Gasteiger partial charge >= 0.3 is 0 Å². The molecule has 1 aromatic carbocycles. The van der Waals surface area contributed by atoms with Crippen molar-refractivity contribution in [3.8, 4) is 0 Å². The molecule has 0 saturated carbocycles. The highest BCUT2D eigenvalue weighted by atomic mass is 32.2. The Morgan fingerprint density at radius 2 is 2.17 bits per heavy atom. The van der Waals surface area contributed by atoms with E-state index >= 15 is 0 Å². The lowest BCUT2D eigenvalue weighted by Crippen LogP contribution is -2.41. The molecule has 1 aliphatic carbocycles. The van der Waals surface area contributed by atoms with E-state index in [9.17, 15) is 13.2 Å². The highest BCUT2D eigenvalue weighted by Crippen LogP contribution is 2.41. The van der Waals surface area contributed by atoms with Crippen LogP contribution in [0.1, 0.15) is 43.9 Å². The average Bonchev–Trinajstić information content (AvgIpc) is 2.66. The molecule has 1 N–H and O–H groups in total. The number of rotatable bonds is 5. The predicted molar refractivity (Wildman–Crippen MR) is 92.3 cm³/mol. The summed E-state index contributed by atoms with van der Waals surface area (Å²) in [6, 6.07) is 5.52. The molecule has 24 heavy (non-hydrogen) atoms. The Hall–Kier alpha value is -1.44. The Bertz CT molecular complexity index is 730. The van der Waals surface area contributed by atoms with Gasteiger partial charge in [-0.1, -0.05) is 12.1 Å². The first-order chi connectivity index (χ1) is 11.4. The quantitative estimate of drug-likeness (QED) is 0.880. The van der Waals surface area contributed by atoms with E-state index in [2.05, 4.69) is 5.32 Å². The van der Waals surface area contributed by atoms with Crippen LogP contribution in [0.2, 0.25) is 0 Å². The molecule has 0 bridgehead atoms. The van der Waals surface area contributed by atoms with Gasteiger partial charge in [0.25, 0.3) is 0 Å². The maximum absolute atomic E-state index is 12.8. The summed E-state index contributed by atoms with van der Waals surface area (Å²) in [5.74, 6) is -0.391. The average molecular weight is 352 g/mol. The van der Waals surface area contributed by atoms with Crippen molar-refractivity contribution in [1.82, 2.24) is 4.31 Å². The van der Waals surface area contributed by atoms with Gasteiger partial charge in [0.15, 0.2) is 0 Å². The van der Waals surface area contributed by atoms with E-state index in [1.165, 1.54) is 4.31 Å². The second-order valence-corrected chi connectivity index (χ2v) is 8.66. The summed E-state index contributed by atoms with van der Waals surface area (Å²) in [5.41, 5.74) is 2.84. The number of carbonyl (C=O) groups excluding carboxylic acids is 1. The molecule has 1 aliphatic heterocycles. The van der Waals surface area contributed by atoms with Crippen LogP contribution in [0.5, 0.6) is 0 Å². The molecule has 1 amide bonds. The predicted octanol–water partition coefficient (Wildman–Crippen LogP) is 2.07. The van der Waals surface area contributed by atoms with Gasteiger partial charge in [-0.05, 0) is 50.3 Å². The van der Waals surface area contributed by atoms with Gasteiger partial charge in [0.2, 0.25) is 15.9 Å². The van der Waals surface area contributed by atoms with Crippen LogP contribution < -0.4 is 5.32 Å². The van der Waals surface area contributed by atoms with Crippen LogP contribution in [-0.4, -0.2) is 43.6 Å². The molecule has 1 heterocycles. The van der Waals surface area contributed by atoms with Crippen molar-refractivity contribution in [2.75, 3.05) is 24.2 Å². The van der Waals surface area contributed by atoms with E-state index in [1.807, 2.05) is 32.0 Å². The van der Waals surface area contributed by atoms with Crippen molar-refractivity contribution >= 4 is 21.6 Å². The van der Waals surface area contributed by atoms with Gasteiger partial charge in [0.1, 0.15) is 0 Å². The Balaban J connectivity index is 1.93. The molecular weight excluding hydrogens is 328 g/mol. The lowest BCUT2D eigenvalue weighted by atomic mass is 9.86. The van der Waals surface area contributed by atoms with Crippen LogP contribution >= 0.6 is 0 Å². The third-order valence-corrected chi connectivity index (χ3v) is 6.31. The van der Waals surface area contributed by atoms with Crippen molar-refractivity contribution in [3.05, 3.63) is 29.3 Å². The van der Waals surface area contributed by atoms with E-state index in [0.717, 1.165) is 36.1 Å². The molecule has 3 rings (SSSR count). The zero-order valence-electron chi connectivity index (χ0n) is 14.1. The molecule has 0 saturated heterocycles. The second kappa shape index (κ2) is 6.82. The van der Waals surface area contributed by atoms with Gasteiger partial charge in [0.05, 0.1) is 31.1 Å². The van der Waals surface area contributed by atoms with E-state index < -0.39 is 10.0 Å². The standard InChI is InChI=1S/C17H24N2O4S/c1-12(2)23-9-10-24(21,22)19-11-16(20)18-14-7-3-5-13-6-4-8-15(19)17(13)14/h3,5,7,12,15H,4,6,8-11H2,1-2H3,(H,18,20). The van der Waals surface area contributed by atoms with Crippen LogP contribution in [0, 0.1) is 0 Å². The summed E-state index contributed by atoms with van der Waals surface area (Å²) in [6.45, 7) is 3.74. The van der Waals surface area contributed by atoms with Crippen LogP contribution in [0.3, 0.4) is 0 Å². The number of nitrogens with zero attached hydrogens (tertiary/aromatic N) is 1. The zero-order chi connectivity index (χ0) is 17.3. The van der Waals surface area contributed by atoms with Crippen LogP contribution in [0.4, 0.5) is 5.69 Å². The number of benzene rings is 1. The molecule has 1 atom stereocenters. The highest BCUT2D eigenvalue weighted by molar-refractivity contribution is 7.89. The summed E-state index contributed by atoms with van der Waals surface area (Å²) in [5, 5.41) is 2.86. The summed E-state index contributed by atoms with van der Waals surface area (Å²) in [6.07, 6.45) is 2.56. The molecule has 1 aromatic rings. The van der Waals surface area contributed by atoms with Gasteiger partial charge < -0.3 is 10.1 Å². The molecule has 0 fully saturated rings. The largest absolute Gasteiger partial charge is 0.378 e. The highest BCUT2D eigenvalue weighted by Gasteiger charge is 2.38. The molecule has 132 valence electrons. The van der Waals surface area contributed by atoms with Gasteiger partial charge in [-0.15, -0.1) is 0 Å². The fraction of sp³-hybridized carbons (Fsp3) is 0.588. The maximum Gasteiger partial charge on any atom is 0.239 e. The zero-order valence-corrected chi connectivity index (χ0v) is 14.9. The molecule has 1 unspecified atom stereocenters. The minimum Gasteiger partial charge on any atom is -0.378 e. The first-order valence-electron chi connectivity index (χ1n) is 8.41. The van der Waals surface area contributed by atoms with Gasteiger partial charge in [0, 0.05) is 5.69 Å². The third-order valence-electron chi connectivity index (χ3n) is 4.52. The number of nitrogens with one attached hydrogen (secondary N) is 1. The number of aryl methyl sites for hydroxylation is 1. The number of anilines is 1. The first kappa shape index (κ1) is 17.4. The molecule has 0 radical (unpaired) electrons. The van der Waals surface area contributed by atoms with Gasteiger partial charge in [-0.3, -0.25) is 4.79 Å². The lowest BCUT2D eigenvalue weighted by molar-refractivity contribution is -0.116. The number of sulfonamides is 1. The topological polar surface area (TPSA) is 75.7 Å². The molecule has 0 aromatic heterocycles. The van der Waals surface area contributed by atoms with Crippen molar-refractivity contribution in [2.45, 2.75) is 45.3 Å². The van der Waals surface area contributed by atoms with Crippen LogP contribution in [0.15, 0.2) is 18.2 Å². The Kier molecular flexibility index (Phi) is 4.94. The van der Waals surface area contributed by atoms with E-state index in [1.54, 1.807) is 0 Å². The van der Waals surface area contributed by atoms with Crippen molar-refractivity contribution in [1.29, 1.82) is 0 Å². The fourth-order valence-electron chi connectivity index (χ4n) is 3.49. The number of hydrogen-bond donors (Lipinski definition) is 1. The molecular formula is C17H24N2O4S. The van der Waals surface area contributed by atoms with Crippen molar-refractivity contribution in [3.63, 3.8) is 0 Å². The second-order valence-electron chi connectivity index (χ2n) is 6.62. The lowest BCUT2D eigenvalue weighted by Gasteiger charge is -2.33. The third kappa shape index (κ3) is 3.48. The Morgan fingerprint density at radius 1 is 1.38 bits per heavy atom. The minimum absolute atomic E-state index is 0.0189. The van der Waals surface area contributed by atoms with Crippen molar-refractivity contribution < 1.29 is 17.9 Å². The summed E-state index contributed by atoms with van der Waals surface area (Å²) in [4.78, 5) is 12.2. The summed E-state index contributed by atoms with van der Waals surface area (Å²) < 4.78 is 32.5. The Morgan fingerprint density at radius 3 is 2.92 bits per heavy atom. The van der Waals surface area contributed by atoms with Crippen LogP contribution in [-0.2, 0) is 26.0 Å². The maximum atomic E-state index is 12.8. The smallest absolute Gasteiger partial charge is 0.239 e. The number of hydrogen-bond acceptors (Lipinski definition) is 4. The minimum atomic E-state index is -3.57. The summed E-state index contributed by atoms with van der Waals surface area (Å²) in [7, 11) is -3.57. The van der Waals surface area contributed by atoms with E-state index in [0.29, 0.717) is 0 Å². The number of ether oxygens (including phenoxy) is 1. The van der Waals surface area contributed by atoms with E-state index in [4.69, 9.17) is 4.74 Å². The van der Waals surface area contributed by atoms with Gasteiger partial charge in [-0.25, -0.2) is 8.42 Å². The number of amides is 1. The normalized spacial score (nSPS) is 21.3. The van der Waals surface area contributed by atoms with Crippen molar-refractivity contribution in [2.24, 2.45) is 0 Å². The first-order valence-corrected chi connectivity index (χ1v) is 10.0. The monoisotopic (exact) mass is 352 g/mol. The number of carbonyl (C=O) groups is 1. The Labute approximate surface area is 143 Å². The molecule has 7 heteroatoms. The molecule has 0 spiro atoms. The molecule has 6 nitrogen and oxygen atoms in total. The SMILES string of the molecule is CC(C)OCCS(=O)(=O)N1CC(=O)Nc2cccc3c2C1CCC3. The molecule has 2 aliphatic rings.